The summed E-state index contributed by atoms with van der Waals surface area (Å²) in [7, 11) is 0. The van der Waals surface area contributed by atoms with Crippen LogP contribution in [0.5, 0.6) is 0 Å². The Hall–Kier alpha value is -2.67. The third kappa shape index (κ3) is 2.99. The molecule has 1 amide bonds. The molecule has 2 fully saturated rings. The number of ether oxygens (including phenoxy) is 1. The molecule has 136 valence electrons. The lowest BCUT2D eigenvalue weighted by molar-refractivity contribution is -0.0754. The first-order valence-electron chi connectivity index (χ1n) is 8.96. The van der Waals surface area contributed by atoms with Gasteiger partial charge in [0.05, 0.1) is 24.4 Å². The summed E-state index contributed by atoms with van der Waals surface area (Å²) >= 11 is 0. The van der Waals surface area contributed by atoms with E-state index in [1.807, 2.05) is 23.1 Å². The van der Waals surface area contributed by atoms with E-state index in [9.17, 15) is 14.7 Å². The molecule has 1 aliphatic carbocycles. The average Bonchev–Trinajstić information content (AvgIpc) is 3.13. The third-order valence-electron chi connectivity index (χ3n) is 5.14. The molecule has 2 aliphatic rings. The number of carboxylic acid groups (broad SMARTS) is 1. The number of amides is 1. The Morgan fingerprint density at radius 3 is 2.69 bits per heavy atom. The number of carbonyl (C=O) groups excluding carboxylic acids is 1. The van der Waals surface area contributed by atoms with Crippen molar-refractivity contribution in [2.24, 2.45) is 0 Å². The Labute approximate surface area is 151 Å². The van der Waals surface area contributed by atoms with E-state index in [1.54, 1.807) is 12.1 Å². The summed E-state index contributed by atoms with van der Waals surface area (Å²) in [5, 5.41) is 13.5. The maximum Gasteiger partial charge on any atom is 0.356 e. The highest BCUT2D eigenvalue weighted by Gasteiger charge is 2.38. The van der Waals surface area contributed by atoms with Crippen LogP contribution >= 0.6 is 0 Å². The minimum absolute atomic E-state index is 0.0531. The van der Waals surface area contributed by atoms with Gasteiger partial charge in [-0.25, -0.2) is 9.48 Å². The minimum atomic E-state index is -1.15. The van der Waals surface area contributed by atoms with Crippen LogP contribution in [0.25, 0.3) is 5.69 Å². The Kier molecular flexibility index (Phi) is 4.46. The maximum atomic E-state index is 13.3. The predicted octanol–water partition coefficient (Wildman–Crippen LogP) is 2.35. The number of aromatic carboxylic acids is 1. The lowest BCUT2D eigenvalue weighted by Gasteiger charge is -2.43. The highest BCUT2D eigenvalue weighted by Crippen LogP contribution is 2.30. The summed E-state index contributed by atoms with van der Waals surface area (Å²) in [5.74, 6) is -1.33. The molecule has 7 heteroatoms. The van der Waals surface area contributed by atoms with Crippen molar-refractivity contribution in [1.82, 2.24) is 14.7 Å². The van der Waals surface area contributed by atoms with Gasteiger partial charge in [-0.15, -0.1) is 0 Å². The molecule has 1 aromatic carbocycles. The van der Waals surface area contributed by atoms with E-state index in [1.165, 1.54) is 10.7 Å². The van der Waals surface area contributed by atoms with E-state index < -0.39 is 5.97 Å². The monoisotopic (exact) mass is 355 g/mol. The molecule has 4 rings (SSSR count). The van der Waals surface area contributed by atoms with Crippen molar-refractivity contribution in [3.63, 3.8) is 0 Å². The molecule has 1 saturated carbocycles. The quantitative estimate of drug-likeness (QED) is 0.914. The van der Waals surface area contributed by atoms with Crippen LogP contribution in [0.1, 0.15) is 46.7 Å². The molecular formula is C19H21N3O4. The maximum absolute atomic E-state index is 13.3. The molecule has 2 heterocycles. The smallest absolute Gasteiger partial charge is 0.356 e. The second-order valence-electron chi connectivity index (χ2n) is 6.73. The standard InChI is InChI=1S/C19H21N3O4/c23-18(21-10-11-26-17-9-5-4-8-15(17)21)16-12-14(19(24)25)20-22(16)13-6-2-1-3-7-13/h1-3,6-7,12,15,17H,4-5,8-11H2,(H,24,25). The lowest BCUT2D eigenvalue weighted by atomic mass is 9.90. The van der Waals surface area contributed by atoms with Crippen molar-refractivity contribution < 1.29 is 19.4 Å². The number of para-hydroxylation sites is 1. The highest BCUT2D eigenvalue weighted by molar-refractivity contribution is 5.96. The summed E-state index contributed by atoms with van der Waals surface area (Å²) in [6, 6.07) is 10.6. The summed E-state index contributed by atoms with van der Waals surface area (Å²) in [6.07, 6.45) is 4.16. The van der Waals surface area contributed by atoms with Crippen molar-refractivity contribution in [1.29, 1.82) is 0 Å². The summed E-state index contributed by atoms with van der Waals surface area (Å²) in [4.78, 5) is 26.5. The van der Waals surface area contributed by atoms with Gasteiger partial charge in [-0.3, -0.25) is 4.79 Å². The summed E-state index contributed by atoms with van der Waals surface area (Å²) < 4.78 is 7.28. The second kappa shape index (κ2) is 6.92. The van der Waals surface area contributed by atoms with Crippen LogP contribution in [-0.2, 0) is 4.74 Å². The molecule has 2 unspecified atom stereocenters. The second-order valence-corrected chi connectivity index (χ2v) is 6.73. The van der Waals surface area contributed by atoms with Crippen molar-refractivity contribution in [3.05, 3.63) is 47.8 Å². The fourth-order valence-electron chi connectivity index (χ4n) is 3.90. The molecule has 0 bridgehead atoms. The Balaban J connectivity index is 1.72. The van der Waals surface area contributed by atoms with Gasteiger partial charge in [0.25, 0.3) is 5.91 Å². The van der Waals surface area contributed by atoms with Crippen LogP contribution in [0.2, 0.25) is 0 Å². The number of hydrogen-bond donors (Lipinski definition) is 1. The molecule has 2 atom stereocenters. The van der Waals surface area contributed by atoms with E-state index in [2.05, 4.69) is 5.10 Å². The van der Waals surface area contributed by atoms with Crippen molar-refractivity contribution in [2.45, 2.75) is 37.8 Å². The van der Waals surface area contributed by atoms with Crippen LogP contribution < -0.4 is 0 Å². The van der Waals surface area contributed by atoms with E-state index in [-0.39, 0.29) is 29.4 Å². The number of morpholine rings is 1. The van der Waals surface area contributed by atoms with Crippen LogP contribution in [-0.4, -0.2) is 57.0 Å². The molecular weight excluding hydrogens is 334 g/mol. The summed E-state index contributed by atoms with van der Waals surface area (Å²) in [5.41, 5.74) is 0.808. The summed E-state index contributed by atoms with van der Waals surface area (Å²) in [6.45, 7) is 1.03. The molecule has 1 aromatic heterocycles. The van der Waals surface area contributed by atoms with Crippen molar-refractivity contribution in [3.8, 4) is 5.69 Å². The zero-order chi connectivity index (χ0) is 18.1. The molecule has 26 heavy (non-hydrogen) atoms. The number of hydrogen-bond acceptors (Lipinski definition) is 4. The molecule has 2 aromatic rings. The number of fused-ring (bicyclic) bond motifs is 1. The van der Waals surface area contributed by atoms with Gasteiger partial charge >= 0.3 is 5.97 Å². The molecule has 1 saturated heterocycles. The lowest BCUT2D eigenvalue weighted by Crippen LogP contribution is -2.55. The first kappa shape index (κ1) is 16.8. The number of carboxylic acids is 1. The molecule has 0 spiro atoms. The minimum Gasteiger partial charge on any atom is -0.476 e. The Morgan fingerprint density at radius 1 is 1.15 bits per heavy atom. The van der Waals surface area contributed by atoms with Gasteiger partial charge in [0, 0.05) is 12.6 Å². The zero-order valence-corrected chi connectivity index (χ0v) is 14.4. The van der Waals surface area contributed by atoms with Crippen LogP contribution in [0.4, 0.5) is 0 Å². The molecule has 7 nitrogen and oxygen atoms in total. The van der Waals surface area contributed by atoms with Gasteiger partial charge in [0.15, 0.2) is 5.69 Å². The van der Waals surface area contributed by atoms with Gasteiger partial charge in [-0.1, -0.05) is 31.0 Å². The Bertz CT molecular complexity index is 815. The fraction of sp³-hybridized carbons (Fsp3) is 0.421. The normalized spacial score (nSPS) is 22.7. The predicted molar refractivity (Wildman–Crippen MR) is 93.6 cm³/mol. The molecule has 1 N–H and O–H groups in total. The van der Waals surface area contributed by atoms with Crippen LogP contribution in [0, 0.1) is 0 Å². The van der Waals surface area contributed by atoms with Crippen molar-refractivity contribution >= 4 is 11.9 Å². The number of carbonyl (C=O) groups is 2. The number of aromatic nitrogens is 2. The topological polar surface area (TPSA) is 84.7 Å². The third-order valence-corrected chi connectivity index (χ3v) is 5.14. The first-order valence-corrected chi connectivity index (χ1v) is 8.96. The van der Waals surface area contributed by atoms with Gasteiger partial charge in [-0.2, -0.15) is 5.10 Å². The van der Waals surface area contributed by atoms with Gasteiger partial charge < -0.3 is 14.7 Å². The Morgan fingerprint density at radius 2 is 1.92 bits per heavy atom. The van der Waals surface area contributed by atoms with E-state index in [0.717, 1.165) is 25.7 Å². The van der Waals surface area contributed by atoms with Gasteiger partial charge in [0.2, 0.25) is 0 Å². The van der Waals surface area contributed by atoms with E-state index >= 15 is 0 Å². The molecule has 1 aliphatic heterocycles. The number of benzene rings is 1. The number of rotatable bonds is 3. The number of nitrogens with zero attached hydrogens (tertiary/aromatic N) is 3. The zero-order valence-electron chi connectivity index (χ0n) is 14.4. The molecule has 0 radical (unpaired) electrons. The SMILES string of the molecule is O=C(O)c1cc(C(=O)N2CCOC3CCCCC32)n(-c2ccccc2)n1. The largest absolute Gasteiger partial charge is 0.476 e. The first-order chi connectivity index (χ1) is 12.6. The van der Waals surface area contributed by atoms with E-state index in [4.69, 9.17) is 4.74 Å². The van der Waals surface area contributed by atoms with Crippen LogP contribution in [0.15, 0.2) is 36.4 Å². The van der Waals surface area contributed by atoms with Gasteiger partial charge in [-0.05, 0) is 25.0 Å². The van der Waals surface area contributed by atoms with Gasteiger partial charge in [0.1, 0.15) is 5.69 Å². The fourth-order valence-corrected chi connectivity index (χ4v) is 3.90. The highest BCUT2D eigenvalue weighted by atomic mass is 16.5. The van der Waals surface area contributed by atoms with E-state index in [0.29, 0.717) is 18.8 Å². The average molecular weight is 355 g/mol. The van der Waals surface area contributed by atoms with Crippen molar-refractivity contribution in [2.75, 3.05) is 13.2 Å². The van der Waals surface area contributed by atoms with Crippen LogP contribution in [0.3, 0.4) is 0 Å².